The minimum atomic E-state index is -0.351. The van der Waals surface area contributed by atoms with Crippen molar-refractivity contribution >= 4 is 5.91 Å². The molecule has 0 unspecified atom stereocenters. The number of carbonyl (C=O) groups is 1. The van der Waals surface area contributed by atoms with Crippen LogP contribution in [0, 0.1) is 29.6 Å². The molecule has 0 bridgehead atoms. The summed E-state index contributed by atoms with van der Waals surface area (Å²) in [6, 6.07) is 8.76. The largest absolute Gasteiger partial charge is 0.496 e. The summed E-state index contributed by atoms with van der Waals surface area (Å²) >= 11 is 0. The number of hydrogen-bond acceptors (Lipinski definition) is 4. The van der Waals surface area contributed by atoms with Gasteiger partial charge in [-0.15, -0.1) is 0 Å². The molecule has 0 radical (unpaired) electrons. The van der Waals surface area contributed by atoms with Crippen LogP contribution < -0.4 is 4.74 Å². The Morgan fingerprint density at radius 2 is 1.94 bits per heavy atom. The van der Waals surface area contributed by atoms with Crippen molar-refractivity contribution in [1.29, 1.82) is 10.5 Å². The monoisotopic (exact) mass is 243 g/mol. The number of aryl methyl sites for hydroxylation is 1. The fourth-order valence-corrected chi connectivity index (χ4v) is 1.51. The Kier molecular flexibility index (Phi) is 4.71. The fraction of sp³-hybridized carbons (Fsp3) is 0.308. The lowest BCUT2D eigenvalue weighted by Crippen LogP contribution is -2.31. The number of benzene rings is 1. The maximum atomic E-state index is 12.1. The maximum absolute atomic E-state index is 12.1. The van der Waals surface area contributed by atoms with Crippen LogP contribution in [0.4, 0.5) is 0 Å². The lowest BCUT2D eigenvalue weighted by Gasteiger charge is -2.16. The van der Waals surface area contributed by atoms with Crippen LogP contribution in [0.15, 0.2) is 18.2 Å². The minimum Gasteiger partial charge on any atom is -0.496 e. The summed E-state index contributed by atoms with van der Waals surface area (Å²) in [5.41, 5.74) is 1.32. The van der Waals surface area contributed by atoms with Crippen LogP contribution in [-0.2, 0) is 0 Å². The number of ether oxygens (including phenoxy) is 1. The van der Waals surface area contributed by atoms with Gasteiger partial charge in [0.1, 0.15) is 18.8 Å². The van der Waals surface area contributed by atoms with Crippen LogP contribution in [0.2, 0.25) is 0 Å². The second-order valence-electron chi connectivity index (χ2n) is 3.66. The van der Waals surface area contributed by atoms with E-state index >= 15 is 0 Å². The standard InChI is InChI=1S/C13H13N3O2/c1-10-3-4-11(9-12(10)18-2)13(17)16(7-5-14)8-6-15/h3-4,9H,7-8H2,1-2H3. The van der Waals surface area contributed by atoms with Crippen molar-refractivity contribution in [3.63, 3.8) is 0 Å². The zero-order valence-electron chi connectivity index (χ0n) is 10.3. The molecular weight excluding hydrogens is 230 g/mol. The van der Waals surface area contributed by atoms with Gasteiger partial charge in [-0.3, -0.25) is 4.79 Å². The van der Waals surface area contributed by atoms with Gasteiger partial charge in [0.2, 0.25) is 0 Å². The lowest BCUT2D eigenvalue weighted by molar-refractivity contribution is 0.0794. The fourth-order valence-electron chi connectivity index (χ4n) is 1.51. The molecule has 0 saturated heterocycles. The topological polar surface area (TPSA) is 77.1 Å². The van der Waals surface area contributed by atoms with Crippen molar-refractivity contribution in [1.82, 2.24) is 4.90 Å². The zero-order valence-corrected chi connectivity index (χ0v) is 10.3. The first-order chi connectivity index (χ1) is 8.63. The third kappa shape index (κ3) is 2.99. The van der Waals surface area contributed by atoms with Crippen LogP contribution >= 0.6 is 0 Å². The molecule has 0 aliphatic carbocycles. The van der Waals surface area contributed by atoms with Crippen LogP contribution in [0.3, 0.4) is 0 Å². The Labute approximate surface area is 106 Å². The average molecular weight is 243 g/mol. The number of nitriles is 2. The SMILES string of the molecule is COc1cc(C(=O)N(CC#N)CC#N)ccc1C. The number of nitrogens with zero attached hydrogens (tertiary/aromatic N) is 3. The predicted molar refractivity (Wildman–Crippen MR) is 64.9 cm³/mol. The van der Waals surface area contributed by atoms with Gasteiger partial charge in [0.05, 0.1) is 19.2 Å². The lowest BCUT2D eigenvalue weighted by atomic mass is 10.1. The first-order valence-corrected chi connectivity index (χ1v) is 5.31. The summed E-state index contributed by atoms with van der Waals surface area (Å²) in [5.74, 6) is 0.256. The van der Waals surface area contributed by atoms with E-state index in [2.05, 4.69) is 0 Å². The Bertz CT molecular complexity index is 510. The van der Waals surface area contributed by atoms with E-state index in [-0.39, 0.29) is 19.0 Å². The van der Waals surface area contributed by atoms with Gasteiger partial charge in [-0.05, 0) is 24.6 Å². The Hall–Kier alpha value is -2.53. The van der Waals surface area contributed by atoms with Gasteiger partial charge in [0.15, 0.2) is 0 Å². The van der Waals surface area contributed by atoms with Gasteiger partial charge in [-0.1, -0.05) is 6.07 Å². The van der Waals surface area contributed by atoms with Crippen molar-refractivity contribution in [2.75, 3.05) is 20.2 Å². The van der Waals surface area contributed by atoms with E-state index in [0.717, 1.165) is 5.56 Å². The first kappa shape index (κ1) is 13.5. The summed E-state index contributed by atoms with van der Waals surface area (Å²) in [6.45, 7) is 1.65. The third-order valence-corrected chi connectivity index (χ3v) is 2.47. The van der Waals surface area contributed by atoms with E-state index in [0.29, 0.717) is 11.3 Å². The number of amides is 1. The highest BCUT2D eigenvalue weighted by molar-refractivity contribution is 5.95. The maximum Gasteiger partial charge on any atom is 0.255 e. The summed E-state index contributed by atoms with van der Waals surface area (Å²) < 4.78 is 5.13. The van der Waals surface area contributed by atoms with Crippen molar-refractivity contribution in [2.45, 2.75) is 6.92 Å². The molecule has 1 aromatic rings. The molecule has 0 aliphatic rings. The minimum absolute atomic E-state index is 0.109. The smallest absolute Gasteiger partial charge is 0.255 e. The molecule has 92 valence electrons. The second kappa shape index (κ2) is 6.27. The van der Waals surface area contributed by atoms with Crippen molar-refractivity contribution < 1.29 is 9.53 Å². The molecule has 0 atom stereocenters. The normalized spacial score (nSPS) is 9.11. The molecule has 1 amide bonds. The Morgan fingerprint density at radius 3 is 2.44 bits per heavy atom. The van der Waals surface area contributed by atoms with E-state index in [4.69, 9.17) is 15.3 Å². The van der Waals surface area contributed by atoms with E-state index in [1.54, 1.807) is 18.2 Å². The van der Waals surface area contributed by atoms with E-state index in [9.17, 15) is 4.79 Å². The van der Waals surface area contributed by atoms with Crippen LogP contribution in [-0.4, -0.2) is 31.0 Å². The van der Waals surface area contributed by atoms with E-state index in [1.807, 2.05) is 19.1 Å². The van der Waals surface area contributed by atoms with Gasteiger partial charge in [-0.2, -0.15) is 10.5 Å². The molecule has 1 rings (SSSR count). The summed E-state index contributed by atoms with van der Waals surface area (Å²) in [4.78, 5) is 13.3. The predicted octanol–water partition coefficient (Wildman–Crippen LogP) is 1.49. The molecule has 0 fully saturated rings. The third-order valence-electron chi connectivity index (χ3n) is 2.47. The van der Waals surface area contributed by atoms with Crippen LogP contribution in [0.1, 0.15) is 15.9 Å². The van der Waals surface area contributed by atoms with Crippen molar-refractivity contribution in [3.05, 3.63) is 29.3 Å². The molecule has 0 aliphatic heterocycles. The molecule has 0 N–H and O–H groups in total. The Balaban J connectivity index is 3.02. The van der Waals surface area contributed by atoms with Gasteiger partial charge in [0, 0.05) is 5.56 Å². The van der Waals surface area contributed by atoms with Crippen molar-refractivity contribution in [3.8, 4) is 17.9 Å². The second-order valence-corrected chi connectivity index (χ2v) is 3.66. The van der Waals surface area contributed by atoms with E-state index in [1.165, 1.54) is 12.0 Å². The molecule has 5 heteroatoms. The molecule has 0 aromatic heterocycles. The summed E-state index contributed by atoms with van der Waals surface area (Å²) in [7, 11) is 1.53. The summed E-state index contributed by atoms with van der Waals surface area (Å²) in [5, 5.41) is 17.3. The van der Waals surface area contributed by atoms with Gasteiger partial charge in [0.25, 0.3) is 5.91 Å². The molecule has 5 nitrogen and oxygen atoms in total. The number of hydrogen-bond donors (Lipinski definition) is 0. The number of rotatable bonds is 4. The molecular formula is C13H13N3O2. The average Bonchev–Trinajstić information content (AvgIpc) is 2.38. The highest BCUT2D eigenvalue weighted by Gasteiger charge is 2.16. The van der Waals surface area contributed by atoms with Gasteiger partial charge >= 0.3 is 0 Å². The molecule has 18 heavy (non-hydrogen) atoms. The quantitative estimate of drug-likeness (QED) is 0.751. The molecule has 0 spiro atoms. The van der Waals surface area contributed by atoms with E-state index < -0.39 is 0 Å². The van der Waals surface area contributed by atoms with Gasteiger partial charge < -0.3 is 9.64 Å². The molecule has 0 heterocycles. The highest BCUT2D eigenvalue weighted by Crippen LogP contribution is 2.19. The van der Waals surface area contributed by atoms with Crippen molar-refractivity contribution in [2.24, 2.45) is 0 Å². The number of carbonyl (C=O) groups excluding carboxylic acids is 1. The summed E-state index contributed by atoms with van der Waals surface area (Å²) in [6.07, 6.45) is 0. The van der Waals surface area contributed by atoms with Crippen LogP contribution in [0.25, 0.3) is 0 Å². The first-order valence-electron chi connectivity index (χ1n) is 5.31. The zero-order chi connectivity index (χ0) is 13.5. The molecule has 0 saturated carbocycles. The Morgan fingerprint density at radius 1 is 1.33 bits per heavy atom. The molecule has 1 aromatic carbocycles. The van der Waals surface area contributed by atoms with Gasteiger partial charge in [-0.25, -0.2) is 0 Å². The van der Waals surface area contributed by atoms with Crippen LogP contribution in [0.5, 0.6) is 5.75 Å². The highest BCUT2D eigenvalue weighted by atomic mass is 16.5. The number of methoxy groups -OCH3 is 1.